The van der Waals surface area contributed by atoms with Crippen LogP contribution < -0.4 is 0 Å². The molecule has 5 nitrogen and oxygen atoms in total. The third-order valence-corrected chi connectivity index (χ3v) is 6.87. The Balaban J connectivity index is 1.50. The monoisotopic (exact) mass is 456 g/mol. The first-order chi connectivity index (χ1) is 15.8. The second kappa shape index (κ2) is 9.23. The highest BCUT2D eigenvalue weighted by Crippen LogP contribution is 2.44. The van der Waals surface area contributed by atoms with Gasteiger partial charge in [0.25, 0.3) is 0 Å². The van der Waals surface area contributed by atoms with Gasteiger partial charge in [-0.2, -0.15) is 0 Å². The van der Waals surface area contributed by atoms with E-state index in [1.807, 2.05) is 6.92 Å². The summed E-state index contributed by atoms with van der Waals surface area (Å²) in [5.41, 5.74) is 0.341. The van der Waals surface area contributed by atoms with Crippen molar-refractivity contribution in [2.24, 2.45) is 0 Å². The van der Waals surface area contributed by atoms with Gasteiger partial charge in [-0.1, -0.05) is 37.3 Å². The summed E-state index contributed by atoms with van der Waals surface area (Å²) in [6.45, 7) is 6.01. The molecule has 2 aromatic carbocycles. The summed E-state index contributed by atoms with van der Waals surface area (Å²) in [6, 6.07) is 12.5. The van der Waals surface area contributed by atoms with Gasteiger partial charge in [0.05, 0.1) is 0 Å². The first-order valence-electron chi connectivity index (χ1n) is 11.4. The maximum atomic E-state index is 13.5. The van der Waals surface area contributed by atoms with E-state index in [2.05, 4.69) is 11.0 Å². The molecule has 1 N–H and O–H groups in total. The average molecular weight is 457 g/mol. The van der Waals surface area contributed by atoms with Crippen LogP contribution in [0.5, 0.6) is 0 Å². The van der Waals surface area contributed by atoms with Crippen molar-refractivity contribution < 1.29 is 23.4 Å². The minimum Gasteiger partial charge on any atom is -0.437 e. The van der Waals surface area contributed by atoms with Gasteiger partial charge in [0.2, 0.25) is 0 Å². The van der Waals surface area contributed by atoms with E-state index < -0.39 is 17.4 Å². The fourth-order valence-corrected chi connectivity index (χ4v) is 4.83. The Bertz CT molecular complexity index is 963. The molecule has 2 fully saturated rings. The molecule has 176 valence electrons. The van der Waals surface area contributed by atoms with Crippen LogP contribution in [-0.2, 0) is 4.74 Å². The van der Waals surface area contributed by atoms with Gasteiger partial charge in [0.15, 0.2) is 11.3 Å². The molecule has 2 aromatic rings. The Morgan fingerprint density at radius 3 is 2.03 bits per heavy atom. The number of halogens is 2. The molecule has 0 aromatic heterocycles. The number of rotatable bonds is 6. The number of hydrogen-bond donors (Lipinski definition) is 1. The van der Waals surface area contributed by atoms with E-state index in [0.717, 1.165) is 23.1 Å². The quantitative estimate of drug-likeness (QED) is 0.678. The molecule has 7 heteroatoms. The van der Waals surface area contributed by atoms with E-state index in [1.54, 1.807) is 31.2 Å². The molecule has 2 heterocycles. The van der Waals surface area contributed by atoms with Crippen molar-refractivity contribution >= 4 is 11.7 Å². The molecule has 2 saturated heterocycles. The zero-order chi connectivity index (χ0) is 23.6. The third-order valence-electron chi connectivity index (χ3n) is 6.87. The summed E-state index contributed by atoms with van der Waals surface area (Å²) in [6.07, 6.45) is 3.41. The Hall–Kier alpha value is -2.77. The molecule has 0 aliphatic carbocycles. The Kier molecular flexibility index (Phi) is 6.54. The van der Waals surface area contributed by atoms with Crippen molar-refractivity contribution in [3.05, 3.63) is 77.4 Å². The van der Waals surface area contributed by atoms with Gasteiger partial charge < -0.3 is 9.84 Å². The number of piperidine rings is 1. The lowest BCUT2D eigenvalue weighted by atomic mass is 9.82. The summed E-state index contributed by atoms with van der Waals surface area (Å²) in [7, 11) is 0. The number of carbonyl (C=O) groups excluding carboxylic acids is 1. The number of benzene rings is 2. The standard InChI is InChI=1S/C26H30F2N2O3/c1-3-15-30-24(31)33-26(25(30,2)32)13-17-29(18-14-26)16-12-23(19-4-8-21(27)9-5-19)20-6-10-22(28)11-7-20/h4-12,32H,3,13-18H2,1-2H3. The van der Waals surface area contributed by atoms with Crippen LogP contribution in [0.3, 0.4) is 0 Å². The van der Waals surface area contributed by atoms with E-state index in [-0.39, 0.29) is 11.6 Å². The van der Waals surface area contributed by atoms with Gasteiger partial charge in [0, 0.05) is 39.0 Å². The second-order valence-electron chi connectivity index (χ2n) is 8.97. The molecule has 2 aliphatic rings. The van der Waals surface area contributed by atoms with Crippen LogP contribution in [0.1, 0.15) is 44.2 Å². The molecule has 33 heavy (non-hydrogen) atoms. The maximum absolute atomic E-state index is 13.5. The SMILES string of the molecule is CCCN1C(=O)OC2(CCN(CC=C(c3ccc(F)cc3)c3ccc(F)cc3)CC2)C1(C)O. The Labute approximate surface area is 193 Å². The minimum atomic E-state index is -1.34. The van der Waals surface area contributed by atoms with Crippen LogP contribution in [0.4, 0.5) is 13.6 Å². The summed E-state index contributed by atoms with van der Waals surface area (Å²) in [5, 5.41) is 11.2. The first kappa shape index (κ1) is 23.4. The van der Waals surface area contributed by atoms with E-state index in [1.165, 1.54) is 29.2 Å². The molecule has 1 unspecified atom stereocenters. The van der Waals surface area contributed by atoms with E-state index in [0.29, 0.717) is 39.0 Å². The van der Waals surface area contributed by atoms with Crippen molar-refractivity contribution in [2.75, 3.05) is 26.2 Å². The van der Waals surface area contributed by atoms with Crippen LogP contribution in [0.25, 0.3) is 5.57 Å². The Morgan fingerprint density at radius 2 is 1.55 bits per heavy atom. The van der Waals surface area contributed by atoms with Gasteiger partial charge >= 0.3 is 6.09 Å². The van der Waals surface area contributed by atoms with Crippen LogP contribution in [0.15, 0.2) is 54.6 Å². The minimum absolute atomic E-state index is 0.311. The predicted octanol–water partition coefficient (Wildman–Crippen LogP) is 4.80. The van der Waals surface area contributed by atoms with Crippen molar-refractivity contribution in [1.29, 1.82) is 0 Å². The topological polar surface area (TPSA) is 53.0 Å². The lowest BCUT2D eigenvalue weighted by molar-refractivity contribution is -0.164. The second-order valence-corrected chi connectivity index (χ2v) is 8.97. The van der Waals surface area contributed by atoms with E-state index in [4.69, 9.17) is 4.74 Å². The van der Waals surface area contributed by atoms with Crippen molar-refractivity contribution in [1.82, 2.24) is 9.80 Å². The molecule has 1 spiro atoms. The number of hydrogen-bond acceptors (Lipinski definition) is 4. The van der Waals surface area contributed by atoms with Gasteiger partial charge in [-0.05, 0) is 54.3 Å². The zero-order valence-electron chi connectivity index (χ0n) is 19.1. The summed E-state index contributed by atoms with van der Waals surface area (Å²) in [4.78, 5) is 16.0. The molecule has 1 amide bonds. The predicted molar refractivity (Wildman–Crippen MR) is 122 cm³/mol. The number of amides is 1. The smallest absolute Gasteiger partial charge is 0.412 e. The highest BCUT2D eigenvalue weighted by atomic mass is 19.1. The fourth-order valence-electron chi connectivity index (χ4n) is 4.83. The summed E-state index contributed by atoms with van der Waals surface area (Å²) < 4.78 is 32.6. The largest absolute Gasteiger partial charge is 0.437 e. The fraction of sp³-hybridized carbons (Fsp3) is 0.423. The van der Waals surface area contributed by atoms with Crippen LogP contribution in [-0.4, -0.2) is 58.5 Å². The third kappa shape index (κ3) is 4.52. The molecule has 2 aliphatic heterocycles. The first-order valence-corrected chi connectivity index (χ1v) is 11.4. The van der Waals surface area contributed by atoms with Gasteiger partial charge in [0.1, 0.15) is 11.6 Å². The number of aliphatic hydroxyl groups is 1. The van der Waals surface area contributed by atoms with E-state index in [9.17, 15) is 18.7 Å². The van der Waals surface area contributed by atoms with Crippen molar-refractivity contribution in [2.45, 2.75) is 44.4 Å². The van der Waals surface area contributed by atoms with E-state index >= 15 is 0 Å². The molecule has 0 saturated carbocycles. The molecule has 1 atom stereocenters. The maximum Gasteiger partial charge on any atom is 0.412 e. The van der Waals surface area contributed by atoms with Crippen molar-refractivity contribution in [3.8, 4) is 0 Å². The highest BCUT2D eigenvalue weighted by Gasteiger charge is 2.62. The summed E-state index contributed by atoms with van der Waals surface area (Å²) in [5.74, 6) is -0.623. The van der Waals surface area contributed by atoms with Gasteiger partial charge in [-0.25, -0.2) is 13.6 Å². The van der Waals surface area contributed by atoms with Crippen LogP contribution >= 0.6 is 0 Å². The number of ether oxygens (including phenoxy) is 1. The average Bonchev–Trinajstić information content (AvgIpc) is 2.97. The van der Waals surface area contributed by atoms with Gasteiger partial charge in [-0.15, -0.1) is 0 Å². The molecule has 4 rings (SSSR count). The lowest BCUT2D eigenvalue weighted by Crippen LogP contribution is -2.60. The summed E-state index contributed by atoms with van der Waals surface area (Å²) >= 11 is 0. The van der Waals surface area contributed by atoms with Crippen LogP contribution in [0, 0.1) is 11.6 Å². The molecule has 0 radical (unpaired) electrons. The number of nitrogens with zero attached hydrogens (tertiary/aromatic N) is 2. The molecule has 0 bridgehead atoms. The molecular formula is C26H30F2N2O3. The normalized spacial score (nSPS) is 22.5. The van der Waals surface area contributed by atoms with Gasteiger partial charge in [-0.3, -0.25) is 9.80 Å². The van der Waals surface area contributed by atoms with Crippen molar-refractivity contribution in [3.63, 3.8) is 0 Å². The van der Waals surface area contributed by atoms with Crippen LogP contribution in [0.2, 0.25) is 0 Å². The Morgan fingerprint density at radius 1 is 1.03 bits per heavy atom. The number of carbonyl (C=O) groups is 1. The number of likely N-dealkylation sites (tertiary alicyclic amines) is 1. The lowest BCUT2D eigenvalue weighted by Gasteiger charge is -2.44. The highest BCUT2D eigenvalue weighted by molar-refractivity contribution is 5.79. The zero-order valence-corrected chi connectivity index (χ0v) is 19.1. The molecular weight excluding hydrogens is 426 g/mol.